The zero-order chi connectivity index (χ0) is 22.3. The van der Waals surface area contributed by atoms with Crippen molar-refractivity contribution in [3.05, 3.63) is 54.3 Å². The molecule has 2 aromatic rings. The first-order valence-corrected chi connectivity index (χ1v) is 11.8. The van der Waals surface area contributed by atoms with Gasteiger partial charge in [0.15, 0.2) is 6.10 Å². The van der Waals surface area contributed by atoms with Crippen molar-refractivity contribution in [2.24, 2.45) is 0 Å². The second-order valence-corrected chi connectivity index (χ2v) is 9.13. The first kappa shape index (κ1) is 23.0. The molecule has 0 aromatic heterocycles. The van der Waals surface area contributed by atoms with E-state index in [0.29, 0.717) is 31.0 Å². The largest absolute Gasteiger partial charge is 0.492 e. The molecule has 9 heteroatoms. The fraction of sp³-hybridized carbons (Fsp3) is 0.409. The zero-order valence-electron chi connectivity index (χ0n) is 17.4. The van der Waals surface area contributed by atoms with Crippen molar-refractivity contribution >= 4 is 15.9 Å². The van der Waals surface area contributed by atoms with Gasteiger partial charge in [-0.05, 0) is 67.8 Å². The topological polar surface area (TPSA) is 84.9 Å². The molecule has 0 bridgehead atoms. The number of halogens is 1. The van der Waals surface area contributed by atoms with Crippen LogP contribution in [0.25, 0.3) is 0 Å². The van der Waals surface area contributed by atoms with Crippen LogP contribution in [-0.2, 0) is 14.8 Å². The lowest BCUT2D eigenvalue weighted by atomic mass is 10.2. The highest BCUT2D eigenvalue weighted by Crippen LogP contribution is 2.23. The molecule has 2 aromatic carbocycles. The Morgan fingerprint density at radius 3 is 2.29 bits per heavy atom. The summed E-state index contributed by atoms with van der Waals surface area (Å²) >= 11 is 0. The molecule has 1 heterocycles. The van der Waals surface area contributed by atoms with Crippen LogP contribution in [0.2, 0.25) is 0 Å². The first-order valence-electron chi connectivity index (χ1n) is 10.3. The molecule has 1 saturated heterocycles. The van der Waals surface area contributed by atoms with Gasteiger partial charge in [-0.3, -0.25) is 4.79 Å². The van der Waals surface area contributed by atoms with E-state index in [4.69, 9.17) is 9.47 Å². The molecule has 7 nitrogen and oxygen atoms in total. The average molecular weight is 451 g/mol. The lowest BCUT2D eigenvalue weighted by Crippen LogP contribution is -2.39. The average Bonchev–Trinajstić information content (AvgIpc) is 3.32. The molecular formula is C22H27FN2O5S. The molecule has 0 aliphatic carbocycles. The van der Waals surface area contributed by atoms with Crippen LogP contribution in [0.15, 0.2) is 53.4 Å². The van der Waals surface area contributed by atoms with E-state index < -0.39 is 16.1 Å². The van der Waals surface area contributed by atoms with Gasteiger partial charge in [0.05, 0.1) is 11.4 Å². The maximum atomic E-state index is 13.0. The molecule has 1 aliphatic heterocycles. The molecule has 3 rings (SSSR count). The second-order valence-electron chi connectivity index (χ2n) is 7.19. The highest BCUT2D eigenvalue weighted by Gasteiger charge is 2.27. The minimum Gasteiger partial charge on any atom is -0.492 e. The van der Waals surface area contributed by atoms with Gasteiger partial charge >= 0.3 is 0 Å². The number of hydrogen-bond donors (Lipinski definition) is 1. The smallest absolute Gasteiger partial charge is 0.261 e. The Bertz CT molecular complexity index is 958. The van der Waals surface area contributed by atoms with E-state index in [1.807, 2.05) is 6.92 Å². The molecule has 1 fully saturated rings. The third-order valence-corrected chi connectivity index (χ3v) is 6.86. The number of nitrogens with one attached hydrogen (secondary N) is 1. The number of ether oxygens (including phenoxy) is 2. The zero-order valence-corrected chi connectivity index (χ0v) is 18.2. The number of carbonyl (C=O) groups excluding carboxylic acids is 1. The summed E-state index contributed by atoms with van der Waals surface area (Å²) in [7, 11) is -3.45. The van der Waals surface area contributed by atoms with Crippen LogP contribution < -0.4 is 14.8 Å². The molecule has 1 atom stereocenters. The van der Waals surface area contributed by atoms with Crippen LogP contribution in [-0.4, -0.2) is 51.0 Å². The SMILES string of the molecule is CC[C@@H](Oc1ccc(F)cc1)C(=O)NCCOc1ccc(S(=O)(=O)N2CCCC2)cc1. The lowest BCUT2D eigenvalue weighted by Gasteiger charge is -2.17. The van der Waals surface area contributed by atoms with Gasteiger partial charge in [-0.1, -0.05) is 6.92 Å². The third kappa shape index (κ3) is 6.18. The molecule has 0 radical (unpaired) electrons. The summed E-state index contributed by atoms with van der Waals surface area (Å²) in [6, 6.07) is 11.8. The number of hydrogen-bond acceptors (Lipinski definition) is 5. The standard InChI is InChI=1S/C22H27FN2O5S/c1-2-21(30-19-7-5-17(23)6-8-19)22(26)24-13-16-29-18-9-11-20(12-10-18)31(27,28)25-14-3-4-15-25/h5-12,21H,2-4,13-16H2,1H3,(H,24,26)/t21-/m1/s1. The van der Waals surface area contributed by atoms with Crippen molar-refractivity contribution in [2.75, 3.05) is 26.2 Å². The fourth-order valence-electron chi connectivity index (χ4n) is 3.24. The van der Waals surface area contributed by atoms with Gasteiger partial charge in [0.2, 0.25) is 10.0 Å². The minimum atomic E-state index is -3.45. The second kappa shape index (κ2) is 10.6. The number of rotatable bonds is 10. The maximum absolute atomic E-state index is 13.0. The van der Waals surface area contributed by atoms with Crippen LogP contribution in [0, 0.1) is 5.82 Å². The highest BCUT2D eigenvalue weighted by molar-refractivity contribution is 7.89. The highest BCUT2D eigenvalue weighted by atomic mass is 32.2. The third-order valence-electron chi connectivity index (χ3n) is 4.95. The predicted molar refractivity (Wildman–Crippen MR) is 114 cm³/mol. The van der Waals surface area contributed by atoms with Crippen molar-refractivity contribution in [1.82, 2.24) is 9.62 Å². The number of sulfonamides is 1. The van der Waals surface area contributed by atoms with E-state index in [1.54, 1.807) is 12.1 Å². The Kier molecular flexibility index (Phi) is 7.86. The normalized spacial score (nSPS) is 15.4. The predicted octanol–water partition coefficient (Wildman–Crippen LogP) is 2.96. The summed E-state index contributed by atoms with van der Waals surface area (Å²) < 4.78 is 50.7. The summed E-state index contributed by atoms with van der Waals surface area (Å²) in [4.78, 5) is 12.5. The van der Waals surface area contributed by atoms with Gasteiger partial charge in [-0.15, -0.1) is 0 Å². The van der Waals surface area contributed by atoms with Gasteiger partial charge < -0.3 is 14.8 Å². The van der Waals surface area contributed by atoms with Crippen LogP contribution in [0.1, 0.15) is 26.2 Å². The molecule has 1 amide bonds. The molecule has 1 N–H and O–H groups in total. The van der Waals surface area contributed by atoms with Crippen molar-refractivity contribution in [1.29, 1.82) is 0 Å². The van der Waals surface area contributed by atoms with E-state index >= 15 is 0 Å². The lowest BCUT2D eigenvalue weighted by molar-refractivity contribution is -0.128. The van der Waals surface area contributed by atoms with Crippen molar-refractivity contribution in [2.45, 2.75) is 37.2 Å². The molecule has 31 heavy (non-hydrogen) atoms. The monoisotopic (exact) mass is 450 g/mol. The van der Waals surface area contributed by atoms with Gasteiger partial charge in [-0.25, -0.2) is 12.8 Å². The number of carbonyl (C=O) groups is 1. The Morgan fingerprint density at radius 2 is 1.68 bits per heavy atom. The summed E-state index contributed by atoms with van der Waals surface area (Å²) in [5, 5.41) is 2.74. The quantitative estimate of drug-likeness (QED) is 0.563. The Morgan fingerprint density at radius 1 is 1.06 bits per heavy atom. The van der Waals surface area contributed by atoms with Gasteiger partial charge in [-0.2, -0.15) is 4.31 Å². The van der Waals surface area contributed by atoms with Gasteiger partial charge in [0.25, 0.3) is 5.91 Å². The molecule has 0 spiro atoms. The van der Waals surface area contributed by atoms with Crippen molar-refractivity contribution in [3.8, 4) is 11.5 Å². The van der Waals surface area contributed by atoms with Crippen LogP contribution in [0.3, 0.4) is 0 Å². The van der Waals surface area contributed by atoms with Crippen LogP contribution >= 0.6 is 0 Å². The van der Waals surface area contributed by atoms with E-state index in [1.165, 1.54) is 40.7 Å². The van der Waals surface area contributed by atoms with Crippen LogP contribution in [0.5, 0.6) is 11.5 Å². The number of benzene rings is 2. The Hall–Kier alpha value is -2.65. The molecule has 168 valence electrons. The molecule has 1 aliphatic rings. The van der Waals surface area contributed by atoms with Crippen LogP contribution in [0.4, 0.5) is 4.39 Å². The van der Waals surface area contributed by atoms with Crippen molar-refractivity contribution in [3.63, 3.8) is 0 Å². The summed E-state index contributed by atoms with van der Waals surface area (Å²) in [5.74, 6) is 0.277. The van der Waals surface area contributed by atoms with E-state index in [0.717, 1.165) is 12.8 Å². The number of nitrogens with zero attached hydrogens (tertiary/aromatic N) is 1. The van der Waals surface area contributed by atoms with Gasteiger partial charge in [0, 0.05) is 13.1 Å². The molecule has 0 saturated carbocycles. The first-order chi connectivity index (χ1) is 14.9. The molecular weight excluding hydrogens is 423 g/mol. The Balaban J connectivity index is 1.44. The van der Waals surface area contributed by atoms with E-state index in [2.05, 4.69) is 5.32 Å². The van der Waals surface area contributed by atoms with E-state index in [-0.39, 0.29) is 29.8 Å². The summed E-state index contributed by atoms with van der Waals surface area (Å²) in [6.45, 7) is 3.42. The van der Waals surface area contributed by atoms with E-state index in [9.17, 15) is 17.6 Å². The fourth-order valence-corrected chi connectivity index (χ4v) is 4.76. The number of amides is 1. The van der Waals surface area contributed by atoms with Gasteiger partial charge in [0.1, 0.15) is 23.9 Å². The molecule has 0 unspecified atom stereocenters. The maximum Gasteiger partial charge on any atom is 0.261 e. The summed E-state index contributed by atoms with van der Waals surface area (Å²) in [6.07, 6.45) is 1.54. The Labute approximate surface area is 182 Å². The minimum absolute atomic E-state index is 0.219. The summed E-state index contributed by atoms with van der Waals surface area (Å²) in [5.41, 5.74) is 0. The van der Waals surface area contributed by atoms with Crippen molar-refractivity contribution < 1.29 is 27.1 Å².